The summed E-state index contributed by atoms with van der Waals surface area (Å²) < 4.78 is 5.57. The highest BCUT2D eigenvalue weighted by Crippen LogP contribution is 2.27. The maximum atomic E-state index is 5.57. The lowest BCUT2D eigenvalue weighted by Crippen LogP contribution is -2.08. The van der Waals surface area contributed by atoms with Crippen LogP contribution in [0.4, 0.5) is 5.69 Å². The van der Waals surface area contributed by atoms with E-state index in [0.717, 1.165) is 37.2 Å². The normalized spacial score (nSPS) is 11.3. The van der Waals surface area contributed by atoms with Gasteiger partial charge in [-0.3, -0.25) is 4.98 Å². The van der Waals surface area contributed by atoms with Crippen LogP contribution >= 0.6 is 0 Å². The van der Waals surface area contributed by atoms with Crippen molar-refractivity contribution in [2.24, 2.45) is 0 Å². The molecule has 2 aromatic rings. The van der Waals surface area contributed by atoms with Crippen LogP contribution in [0.3, 0.4) is 0 Å². The van der Waals surface area contributed by atoms with E-state index in [1.165, 1.54) is 16.6 Å². The van der Waals surface area contributed by atoms with Gasteiger partial charge in [0.05, 0.1) is 11.6 Å². The van der Waals surface area contributed by atoms with Crippen molar-refractivity contribution in [2.45, 2.75) is 46.6 Å². The predicted molar refractivity (Wildman–Crippen MR) is 90.0 cm³/mol. The number of anilines is 1. The Balaban J connectivity index is 1.99. The summed E-state index contributed by atoms with van der Waals surface area (Å²) in [5, 5.41) is 4.80. The Labute approximate surface area is 127 Å². The summed E-state index contributed by atoms with van der Waals surface area (Å²) in [4.78, 5) is 4.65. The third kappa shape index (κ3) is 4.18. The minimum atomic E-state index is 0.326. The number of pyridine rings is 1. The summed E-state index contributed by atoms with van der Waals surface area (Å²) in [6.45, 7) is 10.2. The van der Waals surface area contributed by atoms with E-state index in [0.29, 0.717) is 6.10 Å². The molecular weight excluding hydrogens is 260 g/mol. The molecule has 0 spiro atoms. The summed E-state index contributed by atoms with van der Waals surface area (Å²) in [6.07, 6.45) is 2.53. The molecule has 0 atom stereocenters. The van der Waals surface area contributed by atoms with Crippen molar-refractivity contribution >= 4 is 16.6 Å². The fourth-order valence-electron chi connectivity index (χ4n) is 2.42. The third-order valence-corrected chi connectivity index (χ3v) is 3.70. The monoisotopic (exact) mass is 286 g/mol. The van der Waals surface area contributed by atoms with Gasteiger partial charge in [0, 0.05) is 29.9 Å². The largest absolute Gasteiger partial charge is 0.384 e. The molecule has 114 valence electrons. The maximum Gasteiger partial charge on any atom is 0.0726 e. The first-order valence-corrected chi connectivity index (χ1v) is 7.81. The van der Waals surface area contributed by atoms with E-state index >= 15 is 0 Å². The van der Waals surface area contributed by atoms with Crippen LogP contribution in [-0.2, 0) is 4.74 Å². The number of hydrogen-bond acceptors (Lipinski definition) is 3. The Kier molecular flexibility index (Phi) is 5.57. The Hall–Kier alpha value is -1.61. The van der Waals surface area contributed by atoms with E-state index in [1.807, 2.05) is 6.07 Å². The van der Waals surface area contributed by atoms with E-state index in [4.69, 9.17) is 4.74 Å². The number of ether oxygens (including phenoxy) is 1. The summed E-state index contributed by atoms with van der Waals surface area (Å²) in [7, 11) is 0. The lowest BCUT2D eigenvalue weighted by Gasteiger charge is -2.15. The molecule has 0 aliphatic heterocycles. The molecule has 0 aliphatic rings. The molecule has 0 unspecified atom stereocenters. The van der Waals surface area contributed by atoms with Crippen LogP contribution in [0, 0.1) is 13.8 Å². The summed E-state index contributed by atoms with van der Waals surface area (Å²) >= 11 is 0. The van der Waals surface area contributed by atoms with Gasteiger partial charge in [-0.1, -0.05) is 18.2 Å². The van der Waals surface area contributed by atoms with E-state index < -0.39 is 0 Å². The molecule has 0 saturated carbocycles. The second-order valence-corrected chi connectivity index (χ2v) is 5.77. The van der Waals surface area contributed by atoms with Gasteiger partial charge in [-0.2, -0.15) is 0 Å². The quantitative estimate of drug-likeness (QED) is 0.763. The first kappa shape index (κ1) is 15.8. The van der Waals surface area contributed by atoms with Gasteiger partial charge < -0.3 is 10.1 Å². The molecule has 1 aromatic carbocycles. The van der Waals surface area contributed by atoms with Crippen molar-refractivity contribution in [1.29, 1.82) is 0 Å². The topological polar surface area (TPSA) is 34.2 Å². The standard InChI is InChI=1S/C18H26N2O/c1-13(2)21-12-8-7-11-19-18-14(3)15(4)20-17-10-6-5-9-16(17)18/h5-6,9-10,13H,7-8,11-12H2,1-4H3,(H,19,20). The Morgan fingerprint density at radius 1 is 1.14 bits per heavy atom. The lowest BCUT2D eigenvalue weighted by atomic mass is 10.1. The number of nitrogens with zero attached hydrogens (tertiary/aromatic N) is 1. The van der Waals surface area contributed by atoms with Crippen LogP contribution < -0.4 is 5.32 Å². The highest BCUT2D eigenvalue weighted by Gasteiger charge is 2.08. The smallest absolute Gasteiger partial charge is 0.0726 e. The predicted octanol–water partition coefficient (Wildman–Crippen LogP) is 4.47. The van der Waals surface area contributed by atoms with Crippen LogP contribution in [0.15, 0.2) is 24.3 Å². The van der Waals surface area contributed by atoms with Crippen LogP contribution in [0.2, 0.25) is 0 Å². The lowest BCUT2D eigenvalue weighted by molar-refractivity contribution is 0.0765. The maximum absolute atomic E-state index is 5.57. The molecule has 0 radical (unpaired) electrons. The number of fused-ring (bicyclic) bond motifs is 1. The Morgan fingerprint density at radius 2 is 1.90 bits per heavy atom. The number of nitrogens with one attached hydrogen (secondary N) is 1. The zero-order chi connectivity index (χ0) is 15.2. The van der Waals surface area contributed by atoms with Crippen LogP contribution in [0.5, 0.6) is 0 Å². The van der Waals surface area contributed by atoms with Gasteiger partial charge in [0.1, 0.15) is 0 Å². The fraction of sp³-hybridized carbons (Fsp3) is 0.500. The zero-order valence-corrected chi connectivity index (χ0v) is 13.6. The number of aromatic nitrogens is 1. The second kappa shape index (κ2) is 7.41. The van der Waals surface area contributed by atoms with E-state index in [-0.39, 0.29) is 0 Å². The molecule has 0 aliphatic carbocycles. The molecule has 0 fully saturated rings. The van der Waals surface area contributed by atoms with Crippen LogP contribution in [0.25, 0.3) is 10.9 Å². The Bertz CT molecular complexity index is 593. The molecule has 0 bridgehead atoms. The van der Waals surface area contributed by atoms with Crippen molar-refractivity contribution in [1.82, 2.24) is 4.98 Å². The molecular formula is C18H26N2O. The van der Waals surface area contributed by atoms with Gasteiger partial charge in [-0.25, -0.2) is 0 Å². The number of hydrogen-bond donors (Lipinski definition) is 1. The second-order valence-electron chi connectivity index (χ2n) is 5.77. The number of aryl methyl sites for hydroxylation is 1. The molecule has 1 aromatic heterocycles. The number of rotatable bonds is 7. The Morgan fingerprint density at radius 3 is 2.67 bits per heavy atom. The molecule has 0 amide bonds. The van der Waals surface area contributed by atoms with E-state index in [9.17, 15) is 0 Å². The molecule has 3 nitrogen and oxygen atoms in total. The van der Waals surface area contributed by atoms with Crippen molar-refractivity contribution < 1.29 is 4.74 Å². The number of unbranched alkanes of at least 4 members (excludes halogenated alkanes) is 1. The SMILES string of the molecule is Cc1nc2ccccc2c(NCCCCOC(C)C)c1C. The average molecular weight is 286 g/mol. The highest BCUT2D eigenvalue weighted by atomic mass is 16.5. The van der Waals surface area contributed by atoms with Crippen molar-refractivity contribution in [3.8, 4) is 0 Å². The average Bonchev–Trinajstić information content (AvgIpc) is 2.46. The van der Waals surface area contributed by atoms with E-state index in [2.05, 4.69) is 56.2 Å². The molecule has 21 heavy (non-hydrogen) atoms. The summed E-state index contributed by atoms with van der Waals surface area (Å²) in [5.41, 5.74) is 4.63. The van der Waals surface area contributed by atoms with Crippen LogP contribution in [-0.4, -0.2) is 24.2 Å². The fourth-order valence-corrected chi connectivity index (χ4v) is 2.42. The summed E-state index contributed by atoms with van der Waals surface area (Å²) in [6, 6.07) is 8.32. The molecule has 1 heterocycles. The first-order valence-electron chi connectivity index (χ1n) is 7.81. The first-order chi connectivity index (χ1) is 10.1. The van der Waals surface area contributed by atoms with Gasteiger partial charge in [0.25, 0.3) is 0 Å². The van der Waals surface area contributed by atoms with E-state index in [1.54, 1.807) is 0 Å². The minimum absolute atomic E-state index is 0.326. The molecule has 3 heteroatoms. The van der Waals surface area contributed by atoms with Gasteiger partial charge in [-0.05, 0) is 52.2 Å². The number of benzene rings is 1. The van der Waals surface area contributed by atoms with Gasteiger partial charge in [0.2, 0.25) is 0 Å². The van der Waals surface area contributed by atoms with Gasteiger partial charge >= 0.3 is 0 Å². The molecule has 0 saturated heterocycles. The minimum Gasteiger partial charge on any atom is -0.384 e. The van der Waals surface area contributed by atoms with Gasteiger partial charge in [0.15, 0.2) is 0 Å². The van der Waals surface area contributed by atoms with Crippen molar-refractivity contribution in [3.05, 3.63) is 35.5 Å². The van der Waals surface area contributed by atoms with Crippen LogP contribution in [0.1, 0.15) is 37.9 Å². The van der Waals surface area contributed by atoms with Crippen molar-refractivity contribution in [3.63, 3.8) is 0 Å². The summed E-state index contributed by atoms with van der Waals surface area (Å²) in [5.74, 6) is 0. The highest BCUT2D eigenvalue weighted by molar-refractivity contribution is 5.93. The third-order valence-electron chi connectivity index (χ3n) is 3.70. The molecule has 2 rings (SSSR count). The van der Waals surface area contributed by atoms with Crippen molar-refractivity contribution in [2.75, 3.05) is 18.5 Å². The van der Waals surface area contributed by atoms with Gasteiger partial charge in [-0.15, -0.1) is 0 Å². The number of para-hydroxylation sites is 1. The zero-order valence-electron chi connectivity index (χ0n) is 13.6. The molecule has 1 N–H and O–H groups in total.